The van der Waals surface area contributed by atoms with Crippen molar-refractivity contribution in [3.63, 3.8) is 0 Å². The summed E-state index contributed by atoms with van der Waals surface area (Å²) in [7, 11) is 0. The third-order valence-corrected chi connectivity index (χ3v) is 4.26. The Kier molecular flexibility index (Phi) is 4.17. The van der Waals surface area contributed by atoms with Crippen LogP contribution in [0, 0.1) is 12.3 Å². The number of aromatic nitrogens is 1. The summed E-state index contributed by atoms with van der Waals surface area (Å²) in [6.07, 6.45) is 5.39. The minimum atomic E-state index is -0.0970. The van der Waals surface area contributed by atoms with Crippen LogP contribution in [-0.2, 0) is 11.2 Å². The largest absolute Gasteiger partial charge is 0.345 e. The average molecular weight is 306 g/mol. The van der Waals surface area contributed by atoms with E-state index in [1.165, 1.54) is 5.56 Å². The van der Waals surface area contributed by atoms with Gasteiger partial charge in [-0.25, -0.2) is 4.98 Å². The third kappa shape index (κ3) is 3.16. The minimum Gasteiger partial charge on any atom is -0.345 e. The number of thiazole rings is 1. The molecule has 3 nitrogen and oxygen atoms in total. The summed E-state index contributed by atoms with van der Waals surface area (Å²) in [5, 5.41) is 3.45. The van der Waals surface area contributed by atoms with Gasteiger partial charge in [-0.1, -0.05) is 42.3 Å². The van der Waals surface area contributed by atoms with Gasteiger partial charge in [0.05, 0.1) is 23.2 Å². The van der Waals surface area contributed by atoms with Crippen LogP contribution in [0.3, 0.4) is 0 Å². The fraction of sp³-hybridized carbons (Fsp3) is 0.111. The van der Waals surface area contributed by atoms with E-state index in [-0.39, 0.29) is 18.9 Å². The van der Waals surface area contributed by atoms with Crippen molar-refractivity contribution in [3.8, 4) is 23.5 Å². The fourth-order valence-corrected chi connectivity index (χ4v) is 3.21. The summed E-state index contributed by atoms with van der Waals surface area (Å²) in [5.74, 6) is 2.29. The van der Waals surface area contributed by atoms with Gasteiger partial charge in [0, 0.05) is 0 Å². The summed E-state index contributed by atoms with van der Waals surface area (Å²) < 4.78 is 1.08. The highest BCUT2D eigenvalue weighted by molar-refractivity contribution is 7.18. The molecular weight excluding hydrogens is 292 g/mol. The fourth-order valence-electron chi connectivity index (χ4n) is 2.21. The molecule has 2 aromatic carbocycles. The van der Waals surface area contributed by atoms with Crippen LogP contribution in [0.2, 0.25) is 0 Å². The number of carbonyl (C=O) groups excluding carboxylic acids is 1. The Bertz CT molecular complexity index is 846. The van der Waals surface area contributed by atoms with Gasteiger partial charge in [-0.05, 0) is 23.3 Å². The maximum Gasteiger partial charge on any atom is 0.227 e. The summed E-state index contributed by atoms with van der Waals surface area (Å²) in [4.78, 5) is 16.2. The van der Waals surface area contributed by atoms with E-state index in [1.54, 1.807) is 11.3 Å². The van der Waals surface area contributed by atoms with Gasteiger partial charge in [-0.3, -0.25) is 4.79 Å². The zero-order valence-electron chi connectivity index (χ0n) is 11.9. The number of hydrogen-bond acceptors (Lipinski definition) is 3. The van der Waals surface area contributed by atoms with Crippen molar-refractivity contribution < 1.29 is 4.79 Å². The Balaban J connectivity index is 1.85. The third-order valence-electron chi connectivity index (χ3n) is 3.24. The highest BCUT2D eigenvalue weighted by Gasteiger charge is 2.09. The normalized spacial score (nSPS) is 10.3. The predicted molar refractivity (Wildman–Crippen MR) is 90.6 cm³/mol. The van der Waals surface area contributed by atoms with Crippen molar-refractivity contribution >= 4 is 27.5 Å². The number of amides is 1. The molecule has 0 spiro atoms. The Labute approximate surface area is 133 Å². The second-order valence-corrected chi connectivity index (χ2v) is 5.93. The molecule has 4 heteroatoms. The maximum absolute atomic E-state index is 11.7. The lowest BCUT2D eigenvalue weighted by atomic mass is 10.1. The Morgan fingerprint density at radius 3 is 2.77 bits per heavy atom. The van der Waals surface area contributed by atoms with Crippen molar-refractivity contribution in [2.24, 2.45) is 0 Å². The maximum atomic E-state index is 11.7. The van der Waals surface area contributed by atoms with E-state index in [2.05, 4.69) is 40.5 Å². The van der Waals surface area contributed by atoms with Crippen LogP contribution in [0.25, 0.3) is 21.3 Å². The van der Waals surface area contributed by atoms with E-state index in [1.807, 2.05) is 24.3 Å². The molecule has 0 atom stereocenters. The molecule has 108 valence electrons. The molecule has 0 saturated carbocycles. The molecule has 3 rings (SSSR count). The number of fused-ring (bicyclic) bond motifs is 1. The van der Waals surface area contributed by atoms with Crippen LogP contribution >= 0.6 is 11.3 Å². The van der Waals surface area contributed by atoms with Gasteiger partial charge in [-0.15, -0.1) is 17.8 Å². The van der Waals surface area contributed by atoms with Crippen molar-refractivity contribution in [1.82, 2.24) is 10.3 Å². The summed E-state index contributed by atoms with van der Waals surface area (Å²) >= 11 is 1.54. The molecule has 1 amide bonds. The van der Waals surface area contributed by atoms with Gasteiger partial charge < -0.3 is 5.32 Å². The summed E-state index contributed by atoms with van der Waals surface area (Å²) in [5.41, 5.74) is 3.25. The molecule has 0 bridgehead atoms. The van der Waals surface area contributed by atoms with E-state index in [0.29, 0.717) is 0 Å². The molecule has 0 unspecified atom stereocenters. The predicted octanol–water partition coefficient (Wildman–Crippen LogP) is 3.26. The van der Waals surface area contributed by atoms with Crippen LogP contribution in [0.4, 0.5) is 0 Å². The molecule has 0 fully saturated rings. The smallest absolute Gasteiger partial charge is 0.227 e. The molecule has 0 aliphatic heterocycles. The number of carbonyl (C=O) groups is 1. The Morgan fingerprint density at radius 2 is 2.00 bits per heavy atom. The van der Waals surface area contributed by atoms with Crippen LogP contribution in [0.5, 0.6) is 0 Å². The number of rotatable bonds is 4. The van der Waals surface area contributed by atoms with E-state index < -0.39 is 0 Å². The molecule has 0 saturated heterocycles. The number of nitrogens with one attached hydrogen (secondary N) is 1. The molecule has 1 aromatic heterocycles. The van der Waals surface area contributed by atoms with Crippen molar-refractivity contribution in [2.75, 3.05) is 6.54 Å². The molecular formula is C18H14N2OS. The summed E-state index contributed by atoms with van der Waals surface area (Å²) in [6.45, 7) is 0.252. The first kappa shape index (κ1) is 14.3. The van der Waals surface area contributed by atoms with Crippen LogP contribution in [0.1, 0.15) is 5.01 Å². The van der Waals surface area contributed by atoms with Gasteiger partial charge in [0.15, 0.2) is 0 Å². The van der Waals surface area contributed by atoms with Gasteiger partial charge in [0.25, 0.3) is 0 Å². The highest BCUT2D eigenvalue weighted by Crippen LogP contribution is 2.28. The number of hydrogen-bond donors (Lipinski definition) is 1. The van der Waals surface area contributed by atoms with Gasteiger partial charge in [-0.2, -0.15) is 0 Å². The van der Waals surface area contributed by atoms with Crippen molar-refractivity contribution in [1.29, 1.82) is 0 Å². The van der Waals surface area contributed by atoms with Crippen molar-refractivity contribution in [2.45, 2.75) is 6.42 Å². The second-order valence-electron chi connectivity index (χ2n) is 4.81. The quantitative estimate of drug-likeness (QED) is 0.752. The van der Waals surface area contributed by atoms with Crippen LogP contribution in [-0.4, -0.2) is 17.4 Å². The van der Waals surface area contributed by atoms with E-state index in [9.17, 15) is 4.79 Å². The molecule has 0 aliphatic carbocycles. The lowest BCUT2D eigenvalue weighted by Crippen LogP contribution is -2.25. The van der Waals surface area contributed by atoms with Crippen molar-refractivity contribution in [3.05, 3.63) is 53.5 Å². The standard InChI is InChI=1S/C18H14N2OS/c1-2-10-19-17(21)12-18-20-15-9-8-14(11-16(15)22-18)13-6-4-3-5-7-13/h1,3-9,11H,10,12H2,(H,19,21). The molecule has 0 radical (unpaired) electrons. The van der Waals surface area contributed by atoms with Crippen LogP contribution in [0.15, 0.2) is 48.5 Å². The second kappa shape index (κ2) is 6.42. The highest BCUT2D eigenvalue weighted by atomic mass is 32.1. The zero-order chi connectivity index (χ0) is 15.4. The van der Waals surface area contributed by atoms with E-state index in [0.717, 1.165) is 20.8 Å². The first-order chi connectivity index (χ1) is 10.8. The average Bonchev–Trinajstić information content (AvgIpc) is 2.95. The van der Waals surface area contributed by atoms with Gasteiger partial charge >= 0.3 is 0 Å². The van der Waals surface area contributed by atoms with E-state index >= 15 is 0 Å². The van der Waals surface area contributed by atoms with E-state index in [4.69, 9.17) is 6.42 Å². The molecule has 1 heterocycles. The summed E-state index contributed by atoms with van der Waals surface area (Å²) in [6, 6.07) is 16.4. The first-order valence-corrected chi connectivity index (χ1v) is 7.73. The minimum absolute atomic E-state index is 0.0970. The zero-order valence-corrected chi connectivity index (χ0v) is 12.7. The monoisotopic (exact) mass is 306 g/mol. The Hall–Kier alpha value is -2.64. The van der Waals surface area contributed by atoms with Gasteiger partial charge in [0.2, 0.25) is 5.91 Å². The molecule has 22 heavy (non-hydrogen) atoms. The topological polar surface area (TPSA) is 42.0 Å². The number of benzene rings is 2. The lowest BCUT2D eigenvalue weighted by Gasteiger charge is -2.00. The molecule has 0 aliphatic rings. The SMILES string of the molecule is C#CCNC(=O)Cc1nc2ccc(-c3ccccc3)cc2s1. The first-order valence-electron chi connectivity index (χ1n) is 6.91. The molecule has 1 N–H and O–H groups in total. The van der Waals surface area contributed by atoms with Crippen LogP contribution < -0.4 is 5.32 Å². The van der Waals surface area contributed by atoms with Gasteiger partial charge in [0.1, 0.15) is 5.01 Å². The number of nitrogens with zero attached hydrogens (tertiary/aromatic N) is 1. The Morgan fingerprint density at radius 1 is 1.18 bits per heavy atom. The molecule has 3 aromatic rings. The number of terminal acetylenes is 1. The lowest BCUT2D eigenvalue weighted by molar-refractivity contribution is -0.120.